The van der Waals surface area contributed by atoms with Gasteiger partial charge >= 0.3 is 6.09 Å². The normalized spacial score (nSPS) is 13.6. The van der Waals surface area contributed by atoms with Crippen LogP contribution in [-0.4, -0.2) is 36.1 Å². The maximum absolute atomic E-state index is 12.2. The molecule has 0 heterocycles. The zero-order valence-corrected chi connectivity index (χ0v) is 16.5. The summed E-state index contributed by atoms with van der Waals surface area (Å²) < 4.78 is 5.14. The number of benzene rings is 1. The van der Waals surface area contributed by atoms with Crippen molar-refractivity contribution in [2.24, 2.45) is 0 Å². The van der Waals surface area contributed by atoms with Gasteiger partial charge < -0.3 is 20.7 Å². The van der Waals surface area contributed by atoms with Crippen molar-refractivity contribution in [3.05, 3.63) is 29.3 Å². The average Bonchev–Trinajstić information content (AvgIpc) is 3.36. The molecule has 148 valence electrons. The average molecular weight is 375 g/mol. The standard InChI is InChI=1S/C20H29N3O4/c1-13-7-8-14(18(25)22-15-9-10-15)12-16(13)23-17(24)6-5-11-21-19(26)27-20(2,3)4/h7-8,12,15H,5-6,9-11H2,1-4H3,(H,21,26)(H,22,25)(H,23,24). The summed E-state index contributed by atoms with van der Waals surface area (Å²) in [6.45, 7) is 7.61. The third-order valence-electron chi connectivity index (χ3n) is 3.94. The van der Waals surface area contributed by atoms with Crippen LogP contribution in [0.4, 0.5) is 10.5 Å². The molecule has 0 saturated heterocycles. The lowest BCUT2D eigenvalue weighted by atomic mass is 10.1. The minimum atomic E-state index is -0.546. The first-order valence-corrected chi connectivity index (χ1v) is 9.32. The maximum Gasteiger partial charge on any atom is 0.407 e. The second kappa shape index (κ2) is 8.88. The number of hydrogen-bond acceptors (Lipinski definition) is 4. The molecule has 0 aromatic heterocycles. The van der Waals surface area contributed by atoms with E-state index in [-0.39, 0.29) is 24.3 Å². The largest absolute Gasteiger partial charge is 0.444 e. The summed E-state index contributed by atoms with van der Waals surface area (Å²) in [5.41, 5.74) is 1.51. The Morgan fingerprint density at radius 1 is 1.19 bits per heavy atom. The topological polar surface area (TPSA) is 96.5 Å². The number of hydrogen-bond donors (Lipinski definition) is 3. The van der Waals surface area contributed by atoms with Crippen molar-refractivity contribution < 1.29 is 19.1 Å². The molecule has 0 unspecified atom stereocenters. The zero-order chi connectivity index (χ0) is 20.0. The number of aryl methyl sites for hydroxylation is 1. The van der Waals surface area contributed by atoms with E-state index in [2.05, 4.69) is 16.0 Å². The SMILES string of the molecule is Cc1ccc(C(=O)NC2CC2)cc1NC(=O)CCCNC(=O)OC(C)(C)C. The molecule has 0 radical (unpaired) electrons. The summed E-state index contributed by atoms with van der Waals surface area (Å²) >= 11 is 0. The molecule has 1 aromatic rings. The summed E-state index contributed by atoms with van der Waals surface area (Å²) in [6.07, 6.45) is 2.31. The molecular formula is C20H29N3O4. The van der Waals surface area contributed by atoms with Crippen LogP contribution < -0.4 is 16.0 Å². The van der Waals surface area contributed by atoms with Gasteiger partial charge in [-0.05, 0) is 64.7 Å². The van der Waals surface area contributed by atoms with E-state index in [0.29, 0.717) is 24.2 Å². The fourth-order valence-corrected chi connectivity index (χ4v) is 2.36. The molecule has 1 saturated carbocycles. The van der Waals surface area contributed by atoms with Crippen LogP contribution in [-0.2, 0) is 9.53 Å². The van der Waals surface area contributed by atoms with E-state index in [1.165, 1.54) is 0 Å². The minimum absolute atomic E-state index is 0.116. The number of carbonyl (C=O) groups excluding carboxylic acids is 3. The first-order chi connectivity index (χ1) is 12.6. The Balaban J connectivity index is 1.77. The Kier molecular flexibility index (Phi) is 6.82. The van der Waals surface area contributed by atoms with Gasteiger partial charge in [-0.3, -0.25) is 9.59 Å². The lowest BCUT2D eigenvalue weighted by Gasteiger charge is -2.19. The smallest absolute Gasteiger partial charge is 0.407 e. The van der Waals surface area contributed by atoms with Crippen LogP contribution >= 0.6 is 0 Å². The van der Waals surface area contributed by atoms with Crippen LogP contribution in [0, 0.1) is 6.92 Å². The number of amides is 3. The van der Waals surface area contributed by atoms with Crippen molar-refractivity contribution in [2.45, 2.75) is 65.0 Å². The number of alkyl carbamates (subject to hydrolysis) is 1. The highest BCUT2D eigenvalue weighted by molar-refractivity contribution is 5.98. The van der Waals surface area contributed by atoms with Gasteiger partial charge in [-0.2, -0.15) is 0 Å². The zero-order valence-electron chi connectivity index (χ0n) is 16.5. The Morgan fingerprint density at radius 2 is 1.89 bits per heavy atom. The lowest BCUT2D eigenvalue weighted by Crippen LogP contribution is -2.33. The van der Waals surface area contributed by atoms with Gasteiger partial charge in [0, 0.05) is 30.3 Å². The van der Waals surface area contributed by atoms with E-state index in [4.69, 9.17) is 4.74 Å². The van der Waals surface area contributed by atoms with Gasteiger partial charge in [0.2, 0.25) is 5.91 Å². The predicted molar refractivity (Wildman–Crippen MR) is 104 cm³/mol. The van der Waals surface area contributed by atoms with Gasteiger partial charge in [0.1, 0.15) is 5.60 Å². The van der Waals surface area contributed by atoms with Gasteiger partial charge in [0.05, 0.1) is 0 Å². The van der Waals surface area contributed by atoms with E-state index in [1.54, 1.807) is 32.9 Å². The summed E-state index contributed by atoms with van der Waals surface area (Å²) in [7, 11) is 0. The molecule has 1 aromatic carbocycles. The Hall–Kier alpha value is -2.57. The van der Waals surface area contributed by atoms with Crippen LogP contribution in [0.15, 0.2) is 18.2 Å². The molecule has 7 nitrogen and oxygen atoms in total. The van der Waals surface area contributed by atoms with Crippen molar-refractivity contribution in [3.63, 3.8) is 0 Å². The van der Waals surface area contributed by atoms with Gasteiger partial charge in [-0.25, -0.2) is 4.79 Å². The Labute approximate surface area is 160 Å². The van der Waals surface area contributed by atoms with Crippen LogP contribution in [0.1, 0.15) is 62.4 Å². The number of nitrogens with one attached hydrogen (secondary N) is 3. The molecule has 0 aliphatic heterocycles. The predicted octanol–water partition coefficient (Wildman–Crippen LogP) is 3.13. The maximum atomic E-state index is 12.2. The highest BCUT2D eigenvalue weighted by atomic mass is 16.6. The van der Waals surface area contributed by atoms with Crippen molar-refractivity contribution >= 4 is 23.6 Å². The third-order valence-corrected chi connectivity index (χ3v) is 3.94. The molecule has 0 bridgehead atoms. The summed E-state index contributed by atoms with van der Waals surface area (Å²) in [4.78, 5) is 35.8. The number of rotatable bonds is 7. The highest BCUT2D eigenvalue weighted by Gasteiger charge is 2.24. The molecular weight excluding hydrogens is 346 g/mol. The van der Waals surface area contributed by atoms with Gasteiger partial charge in [0.25, 0.3) is 5.91 Å². The first kappa shape index (κ1) is 20.7. The Morgan fingerprint density at radius 3 is 2.52 bits per heavy atom. The van der Waals surface area contributed by atoms with Crippen molar-refractivity contribution in [3.8, 4) is 0 Å². The fourth-order valence-electron chi connectivity index (χ4n) is 2.36. The second-order valence-corrected chi connectivity index (χ2v) is 7.86. The number of ether oxygens (including phenoxy) is 1. The molecule has 3 amide bonds. The van der Waals surface area contributed by atoms with Gasteiger partial charge in [0.15, 0.2) is 0 Å². The Bertz CT molecular complexity index is 706. The molecule has 0 spiro atoms. The molecule has 1 aliphatic rings. The van der Waals surface area contributed by atoms with Crippen molar-refractivity contribution in [1.29, 1.82) is 0 Å². The third kappa shape index (κ3) is 7.68. The van der Waals surface area contributed by atoms with E-state index < -0.39 is 11.7 Å². The van der Waals surface area contributed by atoms with Gasteiger partial charge in [-0.15, -0.1) is 0 Å². The van der Waals surface area contributed by atoms with Crippen LogP contribution in [0.3, 0.4) is 0 Å². The van der Waals surface area contributed by atoms with Gasteiger partial charge in [-0.1, -0.05) is 6.07 Å². The van der Waals surface area contributed by atoms with E-state index in [0.717, 1.165) is 18.4 Å². The van der Waals surface area contributed by atoms with Crippen LogP contribution in [0.25, 0.3) is 0 Å². The fraction of sp³-hybridized carbons (Fsp3) is 0.550. The number of anilines is 1. The van der Waals surface area contributed by atoms with Crippen LogP contribution in [0.2, 0.25) is 0 Å². The lowest BCUT2D eigenvalue weighted by molar-refractivity contribution is -0.116. The molecule has 1 aliphatic carbocycles. The van der Waals surface area contributed by atoms with E-state index in [1.807, 2.05) is 13.0 Å². The summed E-state index contributed by atoms with van der Waals surface area (Å²) in [5.74, 6) is -0.279. The van der Waals surface area contributed by atoms with E-state index >= 15 is 0 Å². The van der Waals surface area contributed by atoms with Crippen molar-refractivity contribution in [1.82, 2.24) is 10.6 Å². The van der Waals surface area contributed by atoms with E-state index in [9.17, 15) is 14.4 Å². The first-order valence-electron chi connectivity index (χ1n) is 9.32. The molecule has 2 rings (SSSR count). The second-order valence-electron chi connectivity index (χ2n) is 7.86. The minimum Gasteiger partial charge on any atom is -0.444 e. The molecule has 0 atom stereocenters. The quantitative estimate of drug-likeness (QED) is 0.638. The highest BCUT2D eigenvalue weighted by Crippen LogP contribution is 2.21. The monoisotopic (exact) mass is 375 g/mol. The number of carbonyl (C=O) groups is 3. The summed E-state index contributed by atoms with van der Waals surface area (Å²) in [5, 5.41) is 8.40. The van der Waals surface area contributed by atoms with Crippen LogP contribution in [0.5, 0.6) is 0 Å². The molecule has 27 heavy (non-hydrogen) atoms. The molecule has 1 fully saturated rings. The molecule has 7 heteroatoms. The molecule has 3 N–H and O–H groups in total. The summed E-state index contributed by atoms with van der Waals surface area (Å²) in [6, 6.07) is 5.56. The van der Waals surface area contributed by atoms with Crippen molar-refractivity contribution in [2.75, 3.05) is 11.9 Å².